The van der Waals surface area contributed by atoms with Crippen molar-refractivity contribution < 1.29 is 18.0 Å². The molecule has 0 saturated heterocycles. The van der Waals surface area contributed by atoms with Crippen LogP contribution in [-0.4, -0.2) is 26.4 Å². The number of carbonyl (C=O) groups excluding carboxylic acids is 1. The number of aromatic nitrogens is 3. The number of hydrogen-bond donors (Lipinski definition) is 1. The monoisotopic (exact) mass is 572 g/mol. The molecule has 1 N–H and O–H groups in total. The van der Waals surface area contributed by atoms with Crippen molar-refractivity contribution in [3.63, 3.8) is 0 Å². The quantitative estimate of drug-likeness (QED) is 0.137. The molecular formula is C32H27F3N4OS. The summed E-state index contributed by atoms with van der Waals surface area (Å²) in [5, 5.41) is 12.2. The van der Waals surface area contributed by atoms with Gasteiger partial charge in [-0.15, -0.1) is 10.2 Å². The average molecular weight is 573 g/mol. The van der Waals surface area contributed by atoms with Crippen LogP contribution in [0.3, 0.4) is 0 Å². The van der Waals surface area contributed by atoms with Crippen LogP contribution in [0, 0.1) is 0 Å². The number of thioether (sulfide) groups is 1. The van der Waals surface area contributed by atoms with Gasteiger partial charge in [0.05, 0.1) is 17.3 Å². The summed E-state index contributed by atoms with van der Waals surface area (Å²) in [6.45, 7) is 0. The van der Waals surface area contributed by atoms with Crippen molar-refractivity contribution >= 4 is 17.7 Å². The van der Waals surface area contributed by atoms with Gasteiger partial charge in [-0.1, -0.05) is 109 Å². The molecule has 41 heavy (non-hydrogen) atoms. The van der Waals surface area contributed by atoms with Crippen molar-refractivity contribution in [2.24, 2.45) is 0 Å². The highest BCUT2D eigenvalue weighted by Crippen LogP contribution is 2.33. The van der Waals surface area contributed by atoms with Gasteiger partial charge in [0.2, 0.25) is 5.91 Å². The number of amides is 1. The minimum absolute atomic E-state index is 0.0902. The van der Waals surface area contributed by atoms with E-state index < -0.39 is 11.7 Å². The van der Waals surface area contributed by atoms with Crippen molar-refractivity contribution in [1.29, 1.82) is 0 Å². The first-order valence-electron chi connectivity index (χ1n) is 13.1. The molecule has 208 valence electrons. The summed E-state index contributed by atoms with van der Waals surface area (Å²) in [4.78, 5) is 13.0. The number of nitrogens with one attached hydrogen (secondary N) is 1. The Morgan fingerprint density at radius 2 is 1.41 bits per heavy atom. The third kappa shape index (κ3) is 7.05. The maximum atomic E-state index is 13.5. The highest BCUT2D eigenvalue weighted by Gasteiger charge is 2.31. The molecule has 1 aromatic heterocycles. The molecule has 0 saturated carbocycles. The molecule has 5 aromatic rings. The first-order chi connectivity index (χ1) is 19.9. The zero-order valence-electron chi connectivity index (χ0n) is 22.0. The van der Waals surface area contributed by atoms with E-state index in [9.17, 15) is 18.0 Å². The summed E-state index contributed by atoms with van der Waals surface area (Å²) in [5.74, 6) is 0.882. The normalized spacial score (nSPS) is 11.5. The van der Waals surface area contributed by atoms with Gasteiger partial charge in [0.15, 0.2) is 11.0 Å². The molecule has 1 heterocycles. The standard InChI is InChI=1S/C32H27F3N4OS/c33-32(34,35)26-18-10-19-27(22-26)39-30(25-16-8-3-9-17-25)37-38-31(39)41-21-11-20-28(40)36-29(23-12-4-1-5-13-23)24-14-6-2-7-15-24/h1-10,12-19,22,29H,11,20-21H2,(H,36,40). The van der Waals surface area contributed by atoms with Crippen LogP contribution in [0.1, 0.15) is 35.6 Å². The van der Waals surface area contributed by atoms with E-state index in [4.69, 9.17) is 0 Å². The molecule has 0 radical (unpaired) electrons. The van der Waals surface area contributed by atoms with Crippen LogP contribution in [-0.2, 0) is 11.0 Å². The Labute approximate surface area is 240 Å². The zero-order valence-corrected chi connectivity index (χ0v) is 22.8. The third-order valence-corrected chi connectivity index (χ3v) is 7.46. The highest BCUT2D eigenvalue weighted by atomic mass is 32.2. The SMILES string of the molecule is O=C(CCCSc1nnc(-c2ccccc2)n1-c1cccc(C(F)(F)F)c1)NC(c1ccccc1)c1ccccc1. The van der Waals surface area contributed by atoms with E-state index in [1.165, 1.54) is 17.8 Å². The Balaban J connectivity index is 1.29. The Hall–Kier alpha value is -4.37. The lowest BCUT2D eigenvalue weighted by Crippen LogP contribution is -2.29. The van der Waals surface area contributed by atoms with Gasteiger partial charge in [0.25, 0.3) is 0 Å². The van der Waals surface area contributed by atoms with Gasteiger partial charge in [-0.3, -0.25) is 9.36 Å². The van der Waals surface area contributed by atoms with Gasteiger partial charge in [0.1, 0.15) is 0 Å². The van der Waals surface area contributed by atoms with E-state index in [0.717, 1.165) is 28.8 Å². The topological polar surface area (TPSA) is 59.8 Å². The number of benzene rings is 4. The van der Waals surface area contributed by atoms with Gasteiger partial charge >= 0.3 is 6.18 Å². The zero-order chi connectivity index (χ0) is 28.7. The van der Waals surface area contributed by atoms with E-state index >= 15 is 0 Å². The van der Waals surface area contributed by atoms with Crippen molar-refractivity contribution in [2.75, 3.05) is 5.75 Å². The molecule has 0 fully saturated rings. The van der Waals surface area contributed by atoms with E-state index in [0.29, 0.717) is 28.8 Å². The summed E-state index contributed by atoms with van der Waals surface area (Å²) in [6.07, 6.45) is -3.65. The minimum atomic E-state index is -4.48. The number of carbonyl (C=O) groups is 1. The van der Waals surface area contributed by atoms with Crippen LogP contribution < -0.4 is 5.32 Å². The largest absolute Gasteiger partial charge is 0.416 e. The number of halogens is 3. The maximum Gasteiger partial charge on any atom is 0.416 e. The number of nitrogens with zero attached hydrogens (tertiary/aromatic N) is 3. The molecule has 0 aliphatic carbocycles. The molecule has 1 amide bonds. The van der Waals surface area contributed by atoms with Gasteiger partial charge in [-0.25, -0.2) is 0 Å². The van der Waals surface area contributed by atoms with Crippen LogP contribution >= 0.6 is 11.8 Å². The first kappa shape index (κ1) is 28.2. The van der Waals surface area contributed by atoms with Gasteiger partial charge < -0.3 is 5.32 Å². The Morgan fingerprint density at radius 3 is 2.02 bits per heavy atom. The molecular weight excluding hydrogens is 545 g/mol. The van der Waals surface area contributed by atoms with Crippen LogP contribution in [0.5, 0.6) is 0 Å². The predicted molar refractivity (Wildman–Crippen MR) is 155 cm³/mol. The van der Waals surface area contributed by atoms with E-state index in [1.54, 1.807) is 10.6 Å². The van der Waals surface area contributed by atoms with Gasteiger partial charge in [-0.05, 0) is 35.7 Å². The summed E-state index contributed by atoms with van der Waals surface area (Å²) in [5.41, 5.74) is 2.28. The second-order valence-corrected chi connectivity index (χ2v) is 10.4. The lowest BCUT2D eigenvalue weighted by Gasteiger charge is -2.20. The third-order valence-electron chi connectivity index (χ3n) is 6.45. The van der Waals surface area contributed by atoms with Crippen LogP contribution in [0.25, 0.3) is 17.1 Å². The molecule has 4 aromatic carbocycles. The van der Waals surface area contributed by atoms with E-state index in [2.05, 4.69) is 15.5 Å². The molecule has 5 nitrogen and oxygen atoms in total. The summed E-state index contributed by atoms with van der Waals surface area (Å²) < 4.78 is 42.1. The van der Waals surface area contributed by atoms with Crippen molar-refractivity contribution in [3.8, 4) is 17.1 Å². The summed E-state index contributed by atoms with van der Waals surface area (Å²) >= 11 is 1.35. The average Bonchev–Trinajstić information content (AvgIpc) is 3.43. The van der Waals surface area contributed by atoms with Crippen LogP contribution in [0.15, 0.2) is 120 Å². The smallest absolute Gasteiger partial charge is 0.345 e. The van der Waals surface area contributed by atoms with Crippen molar-refractivity contribution in [2.45, 2.75) is 30.2 Å². The van der Waals surface area contributed by atoms with E-state index in [1.807, 2.05) is 91.0 Å². The fraction of sp³-hybridized carbons (Fsp3) is 0.156. The first-order valence-corrected chi connectivity index (χ1v) is 14.1. The van der Waals surface area contributed by atoms with Crippen LogP contribution in [0.2, 0.25) is 0 Å². The molecule has 0 spiro atoms. The summed E-state index contributed by atoms with van der Waals surface area (Å²) in [7, 11) is 0. The Bertz CT molecular complexity index is 1540. The maximum absolute atomic E-state index is 13.5. The minimum Gasteiger partial charge on any atom is -0.345 e. The fourth-order valence-corrected chi connectivity index (χ4v) is 5.36. The van der Waals surface area contributed by atoms with Crippen molar-refractivity contribution in [3.05, 3.63) is 132 Å². The molecule has 9 heteroatoms. The van der Waals surface area contributed by atoms with E-state index in [-0.39, 0.29) is 18.4 Å². The lowest BCUT2D eigenvalue weighted by atomic mass is 9.98. The number of alkyl halides is 3. The molecule has 0 aliphatic heterocycles. The Kier molecular flexibility index (Phi) is 8.84. The molecule has 0 unspecified atom stereocenters. The molecule has 5 rings (SSSR count). The summed E-state index contributed by atoms with van der Waals surface area (Å²) in [6, 6.07) is 33.6. The predicted octanol–water partition coefficient (Wildman–Crippen LogP) is 7.73. The lowest BCUT2D eigenvalue weighted by molar-refractivity contribution is -0.137. The number of hydrogen-bond acceptors (Lipinski definition) is 4. The van der Waals surface area contributed by atoms with Crippen LogP contribution in [0.4, 0.5) is 13.2 Å². The van der Waals surface area contributed by atoms with Crippen molar-refractivity contribution in [1.82, 2.24) is 20.1 Å². The Morgan fingerprint density at radius 1 is 0.805 bits per heavy atom. The molecule has 0 atom stereocenters. The number of rotatable bonds is 10. The second kappa shape index (κ2) is 12.9. The second-order valence-electron chi connectivity index (χ2n) is 9.33. The molecule has 0 bridgehead atoms. The van der Waals surface area contributed by atoms with Gasteiger partial charge in [0, 0.05) is 17.7 Å². The fourth-order valence-electron chi connectivity index (χ4n) is 4.47. The highest BCUT2D eigenvalue weighted by molar-refractivity contribution is 7.99. The van der Waals surface area contributed by atoms with Gasteiger partial charge in [-0.2, -0.15) is 13.2 Å². The molecule has 0 aliphatic rings.